The van der Waals surface area contributed by atoms with E-state index in [4.69, 9.17) is 23.2 Å². The molecule has 0 atom stereocenters. The number of urea groups is 1. The lowest BCUT2D eigenvalue weighted by Crippen LogP contribution is -2.31. The summed E-state index contributed by atoms with van der Waals surface area (Å²) in [5.41, 5.74) is 1.40. The number of benzene rings is 1. The van der Waals surface area contributed by atoms with E-state index in [1.807, 2.05) is 13.0 Å². The van der Waals surface area contributed by atoms with Crippen LogP contribution in [0.15, 0.2) is 36.5 Å². The molecule has 0 bridgehead atoms. The summed E-state index contributed by atoms with van der Waals surface area (Å²) in [6.07, 6.45) is 1.78. The van der Waals surface area contributed by atoms with Crippen molar-refractivity contribution in [1.29, 1.82) is 0 Å². The van der Waals surface area contributed by atoms with Gasteiger partial charge in [0.05, 0.1) is 10.7 Å². The van der Waals surface area contributed by atoms with Gasteiger partial charge in [0.25, 0.3) is 0 Å². The minimum absolute atomic E-state index is 0.117. The van der Waals surface area contributed by atoms with Gasteiger partial charge in [0.1, 0.15) is 5.82 Å². The number of aromatic nitrogens is 1. The number of pyridine rings is 1. The van der Waals surface area contributed by atoms with Crippen molar-refractivity contribution in [3.8, 4) is 0 Å². The second-order valence-electron chi connectivity index (χ2n) is 5.02. The van der Waals surface area contributed by atoms with E-state index in [0.717, 1.165) is 5.56 Å². The first-order valence-corrected chi connectivity index (χ1v) is 7.92. The van der Waals surface area contributed by atoms with Crippen LogP contribution in [0.2, 0.25) is 10.0 Å². The Morgan fingerprint density at radius 3 is 2.62 bits per heavy atom. The largest absolute Gasteiger partial charge is 0.337 e. The number of halogens is 2. The first kappa shape index (κ1) is 18.0. The summed E-state index contributed by atoms with van der Waals surface area (Å²) in [5.74, 6) is 0.230. The third-order valence-electron chi connectivity index (χ3n) is 2.99. The molecule has 0 radical (unpaired) electrons. The highest BCUT2D eigenvalue weighted by molar-refractivity contribution is 6.35. The highest BCUT2D eigenvalue weighted by atomic mass is 35.5. The van der Waals surface area contributed by atoms with Crippen molar-refractivity contribution in [1.82, 2.24) is 10.3 Å². The maximum absolute atomic E-state index is 11.8. The first-order valence-electron chi connectivity index (χ1n) is 7.16. The maximum atomic E-state index is 11.8. The van der Waals surface area contributed by atoms with Crippen molar-refractivity contribution in [2.24, 2.45) is 0 Å². The molecule has 8 heteroatoms. The summed E-state index contributed by atoms with van der Waals surface area (Å²) in [5, 5.41) is 8.62. The molecule has 0 aliphatic carbocycles. The van der Waals surface area contributed by atoms with Gasteiger partial charge in [0, 0.05) is 24.2 Å². The zero-order valence-electron chi connectivity index (χ0n) is 12.9. The molecule has 0 saturated heterocycles. The minimum atomic E-state index is -0.472. The molecule has 0 aliphatic rings. The number of rotatable bonds is 5. The van der Waals surface area contributed by atoms with Gasteiger partial charge in [0.15, 0.2) is 0 Å². The van der Waals surface area contributed by atoms with E-state index in [-0.39, 0.29) is 18.9 Å². The van der Waals surface area contributed by atoms with Crippen LogP contribution in [-0.2, 0) is 4.79 Å². The van der Waals surface area contributed by atoms with E-state index in [1.54, 1.807) is 30.5 Å². The van der Waals surface area contributed by atoms with Crippen LogP contribution in [-0.4, -0.2) is 23.5 Å². The number of anilines is 2. The molecule has 1 heterocycles. The molecule has 0 saturated carbocycles. The second kappa shape index (κ2) is 8.52. The van der Waals surface area contributed by atoms with Gasteiger partial charge in [-0.1, -0.05) is 29.3 Å². The van der Waals surface area contributed by atoms with Crippen LogP contribution in [0.25, 0.3) is 0 Å². The highest BCUT2D eigenvalue weighted by Gasteiger charge is 2.08. The molecular formula is C16H16Cl2N4O2. The van der Waals surface area contributed by atoms with Gasteiger partial charge in [-0.2, -0.15) is 0 Å². The smallest absolute Gasteiger partial charge is 0.319 e. The molecule has 126 valence electrons. The molecular weight excluding hydrogens is 351 g/mol. The molecule has 1 aromatic carbocycles. The molecule has 0 aliphatic heterocycles. The van der Waals surface area contributed by atoms with E-state index in [1.165, 1.54) is 0 Å². The first-order chi connectivity index (χ1) is 11.4. The number of amides is 3. The Kier molecular flexibility index (Phi) is 6.40. The Balaban J connectivity index is 1.75. The van der Waals surface area contributed by atoms with Crippen LogP contribution < -0.4 is 16.0 Å². The SMILES string of the molecule is Cc1ccc(NC(=O)CCNC(=O)Nc2cc(Cl)ccc2Cl)nc1. The van der Waals surface area contributed by atoms with E-state index in [9.17, 15) is 9.59 Å². The lowest BCUT2D eigenvalue weighted by molar-refractivity contribution is -0.116. The third kappa shape index (κ3) is 5.72. The van der Waals surface area contributed by atoms with E-state index >= 15 is 0 Å². The summed E-state index contributed by atoms with van der Waals surface area (Å²) in [6.45, 7) is 2.08. The van der Waals surface area contributed by atoms with E-state index < -0.39 is 6.03 Å². The molecule has 0 spiro atoms. The molecule has 3 N–H and O–H groups in total. The van der Waals surface area contributed by atoms with Crippen molar-refractivity contribution >= 4 is 46.6 Å². The predicted octanol–water partition coefficient (Wildman–Crippen LogP) is 3.85. The summed E-state index contributed by atoms with van der Waals surface area (Å²) in [7, 11) is 0. The lowest BCUT2D eigenvalue weighted by atomic mass is 10.3. The molecule has 6 nitrogen and oxygen atoms in total. The van der Waals surface area contributed by atoms with Crippen molar-refractivity contribution < 1.29 is 9.59 Å². The predicted molar refractivity (Wildman–Crippen MR) is 95.7 cm³/mol. The number of nitrogens with zero attached hydrogens (tertiary/aromatic N) is 1. The molecule has 3 amide bonds. The van der Waals surface area contributed by atoms with Crippen LogP contribution >= 0.6 is 23.2 Å². The van der Waals surface area contributed by atoms with Crippen LogP contribution in [0.3, 0.4) is 0 Å². The number of carbonyl (C=O) groups excluding carboxylic acids is 2. The monoisotopic (exact) mass is 366 g/mol. The number of nitrogens with one attached hydrogen (secondary N) is 3. The number of aryl methyl sites for hydroxylation is 1. The van der Waals surface area contributed by atoms with Crippen molar-refractivity contribution in [3.63, 3.8) is 0 Å². The Labute approximate surface area is 149 Å². The Bertz CT molecular complexity index is 735. The Morgan fingerprint density at radius 2 is 1.92 bits per heavy atom. The van der Waals surface area contributed by atoms with Crippen molar-refractivity contribution in [2.45, 2.75) is 13.3 Å². The van der Waals surface area contributed by atoms with Crippen LogP contribution in [0, 0.1) is 6.92 Å². The molecule has 24 heavy (non-hydrogen) atoms. The third-order valence-corrected chi connectivity index (χ3v) is 3.56. The molecule has 2 rings (SSSR count). The fourth-order valence-corrected chi connectivity index (χ4v) is 2.13. The number of hydrogen-bond acceptors (Lipinski definition) is 3. The zero-order chi connectivity index (χ0) is 17.5. The fraction of sp³-hybridized carbons (Fsp3) is 0.188. The molecule has 0 fully saturated rings. The van der Waals surface area contributed by atoms with Crippen LogP contribution in [0.1, 0.15) is 12.0 Å². The molecule has 1 aromatic heterocycles. The van der Waals surface area contributed by atoms with Gasteiger partial charge in [-0.05, 0) is 36.8 Å². The number of hydrogen-bond donors (Lipinski definition) is 3. The lowest BCUT2D eigenvalue weighted by Gasteiger charge is -2.09. The average Bonchev–Trinajstić information content (AvgIpc) is 2.53. The van der Waals surface area contributed by atoms with Gasteiger partial charge < -0.3 is 16.0 Å². The normalized spacial score (nSPS) is 10.1. The van der Waals surface area contributed by atoms with Gasteiger partial charge in [-0.25, -0.2) is 9.78 Å². The average molecular weight is 367 g/mol. The van der Waals surface area contributed by atoms with Gasteiger partial charge in [0.2, 0.25) is 5.91 Å². The Hall–Kier alpha value is -2.31. The van der Waals surface area contributed by atoms with Crippen molar-refractivity contribution in [3.05, 3.63) is 52.1 Å². The van der Waals surface area contributed by atoms with Crippen LogP contribution in [0.5, 0.6) is 0 Å². The summed E-state index contributed by atoms with van der Waals surface area (Å²) >= 11 is 11.8. The summed E-state index contributed by atoms with van der Waals surface area (Å²) in [4.78, 5) is 27.6. The summed E-state index contributed by atoms with van der Waals surface area (Å²) in [6, 6.07) is 7.84. The minimum Gasteiger partial charge on any atom is -0.337 e. The van der Waals surface area contributed by atoms with E-state index in [2.05, 4.69) is 20.9 Å². The fourth-order valence-electron chi connectivity index (χ4n) is 1.80. The van der Waals surface area contributed by atoms with Crippen molar-refractivity contribution in [2.75, 3.05) is 17.2 Å². The quantitative estimate of drug-likeness (QED) is 0.751. The topological polar surface area (TPSA) is 83.1 Å². The number of carbonyl (C=O) groups is 2. The molecule has 2 aromatic rings. The standard InChI is InChI=1S/C16H16Cl2N4O2/c1-10-2-5-14(20-9-10)22-15(23)6-7-19-16(24)21-13-8-11(17)3-4-12(13)18/h2-5,8-9H,6-7H2,1H3,(H2,19,21,24)(H,20,22,23). The van der Waals surface area contributed by atoms with Gasteiger partial charge in [-0.15, -0.1) is 0 Å². The Morgan fingerprint density at radius 1 is 1.12 bits per heavy atom. The van der Waals surface area contributed by atoms with E-state index in [0.29, 0.717) is 21.6 Å². The zero-order valence-corrected chi connectivity index (χ0v) is 14.4. The second-order valence-corrected chi connectivity index (χ2v) is 5.87. The van der Waals surface area contributed by atoms with Gasteiger partial charge >= 0.3 is 6.03 Å². The molecule has 0 unspecified atom stereocenters. The maximum Gasteiger partial charge on any atom is 0.319 e. The highest BCUT2D eigenvalue weighted by Crippen LogP contribution is 2.25. The van der Waals surface area contributed by atoms with Gasteiger partial charge in [-0.3, -0.25) is 4.79 Å². The van der Waals surface area contributed by atoms with Crippen LogP contribution in [0.4, 0.5) is 16.3 Å². The summed E-state index contributed by atoms with van der Waals surface area (Å²) < 4.78 is 0.